The van der Waals surface area contributed by atoms with Crippen LogP contribution in [0.5, 0.6) is 0 Å². The van der Waals surface area contributed by atoms with Gasteiger partial charge in [-0.05, 0) is 18.2 Å². The molecule has 21 heavy (non-hydrogen) atoms. The second kappa shape index (κ2) is 4.79. The van der Waals surface area contributed by atoms with E-state index in [2.05, 4.69) is 4.90 Å². The highest BCUT2D eigenvalue weighted by molar-refractivity contribution is 6.34. The zero-order valence-electron chi connectivity index (χ0n) is 11.1. The first kappa shape index (κ1) is 12.7. The predicted octanol–water partition coefficient (Wildman–Crippen LogP) is 3.03. The largest absolute Gasteiger partial charge is 0.464 e. The molecule has 0 atom stereocenters. The van der Waals surface area contributed by atoms with Crippen molar-refractivity contribution in [1.29, 1.82) is 0 Å². The highest BCUT2D eigenvalue weighted by Crippen LogP contribution is 2.36. The maximum absolute atomic E-state index is 12.1. The van der Waals surface area contributed by atoms with Gasteiger partial charge in [0.15, 0.2) is 5.58 Å². The summed E-state index contributed by atoms with van der Waals surface area (Å²) in [6.45, 7) is 2.63. The molecule has 0 amide bonds. The number of hydrogen-bond acceptors (Lipinski definition) is 5. The molecule has 1 fully saturated rings. The Morgan fingerprint density at radius 2 is 1.90 bits per heavy atom. The van der Waals surface area contributed by atoms with Gasteiger partial charge in [-0.3, -0.25) is 0 Å². The lowest BCUT2D eigenvalue weighted by Gasteiger charge is -2.30. The van der Waals surface area contributed by atoms with Crippen molar-refractivity contribution < 1.29 is 13.6 Å². The molecule has 0 N–H and O–H groups in total. The Balaban J connectivity index is 2.07. The van der Waals surface area contributed by atoms with E-state index in [1.54, 1.807) is 12.3 Å². The molecule has 0 spiro atoms. The van der Waals surface area contributed by atoms with Crippen LogP contribution in [0.25, 0.3) is 21.9 Å². The molecule has 1 aromatic carbocycles. The van der Waals surface area contributed by atoms with Crippen LogP contribution in [0.2, 0.25) is 5.02 Å². The van der Waals surface area contributed by atoms with Crippen molar-refractivity contribution in [2.24, 2.45) is 0 Å². The second-order valence-corrected chi connectivity index (χ2v) is 5.30. The quantitative estimate of drug-likeness (QED) is 0.647. The van der Waals surface area contributed by atoms with Gasteiger partial charge in [-0.25, -0.2) is 4.79 Å². The number of rotatable bonds is 1. The first-order valence-electron chi connectivity index (χ1n) is 6.71. The molecule has 0 unspecified atom stereocenters. The second-order valence-electron chi connectivity index (χ2n) is 4.93. The monoisotopic (exact) mass is 305 g/mol. The van der Waals surface area contributed by atoms with Gasteiger partial charge in [0.25, 0.3) is 0 Å². The summed E-state index contributed by atoms with van der Waals surface area (Å²) in [6.07, 6.45) is 1.58. The fourth-order valence-corrected chi connectivity index (χ4v) is 3.02. The van der Waals surface area contributed by atoms with Crippen molar-refractivity contribution in [2.75, 3.05) is 31.2 Å². The van der Waals surface area contributed by atoms with E-state index in [4.69, 9.17) is 25.2 Å². The molecule has 0 aliphatic carbocycles. The van der Waals surface area contributed by atoms with Gasteiger partial charge in [0.1, 0.15) is 10.6 Å². The Morgan fingerprint density at radius 3 is 2.71 bits per heavy atom. The van der Waals surface area contributed by atoms with E-state index < -0.39 is 5.63 Å². The molecular formula is C15H12ClNO4. The van der Waals surface area contributed by atoms with Gasteiger partial charge >= 0.3 is 5.63 Å². The Labute approximate surface area is 124 Å². The Bertz CT molecular complexity index is 876. The molecule has 1 aliphatic rings. The van der Waals surface area contributed by atoms with Gasteiger partial charge in [-0.2, -0.15) is 0 Å². The lowest BCUT2D eigenvalue weighted by molar-refractivity contribution is 0.123. The Kier molecular flexibility index (Phi) is 2.90. The molecule has 108 valence electrons. The van der Waals surface area contributed by atoms with Crippen LogP contribution in [0.4, 0.5) is 5.69 Å². The number of halogens is 1. The number of morpholine rings is 1. The van der Waals surface area contributed by atoms with Crippen LogP contribution in [-0.2, 0) is 4.74 Å². The third kappa shape index (κ3) is 1.92. The number of nitrogens with zero attached hydrogens (tertiary/aromatic N) is 1. The Hall–Kier alpha value is -1.98. The molecule has 5 nitrogen and oxygen atoms in total. The van der Waals surface area contributed by atoms with Gasteiger partial charge in [0.2, 0.25) is 0 Å². The summed E-state index contributed by atoms with van der Waals surface area (Å²) in [4.78, 5) is 14.1. The maximum Gasteiger partial charge on any atom is 0.357 e. The van der Waals surface area contributed by atoms with Crippen molar-refractivity contribution in [2.45, 2.75) is 0 Å². The molecule has 4 rings (SSSR count). The fourth-order valence-electron chi connectivity index (χ4n) is 2.76. The predicted molar refractivity (Wildman–Crippen MR) is 80.3 cm³/mol. The van der Waals surface area contributed by atoms with Crippen LogP contribution < -0.4 is 10.5 Å². The molecule has 2 aromatic heterocycles. The molecular weight excluding hydrogens is 294 g/mol. The summed E-state index contributed by atoms with van der Waals surface area (Å²) in [6, 6.07) is 5.52. The van der Waals surface area contributed by atoms with Crippen molar-refractivity contribution in [3.8, 4) is 0 Å². The summed E-state index contributed by atoms with van der Waals surface area (Å²) in [5, 5.41) is 1.71. The van der Waals surface area contributed by atoms with Crippen LogP contribution >= 0.6 is 11.6 Å². The molecule has 3 aromatic rings. The molecule has 0 radical (unpaired) electrons. The van der Waals surface area contributed by atoms with Crippen LogP contribution in [0, 0.1) is 0 Å². The summed E-state index contributed by atoms with van der Waals surface area (Å²) in [5.74, 6) is 0. The SMILES string of the molecule is O=c1oc2c(ccc3occc32)c(N2CCOCC2)c1Cl. The third-order valence-corrected chi connectivity index (χ3v) is 4.08. The number of ether oxygens (including phenoxy) is 1. The standard InChI is InChI=1S/C15H12ClNO4/c16-12-13(17-4-7-19-8-5-17)10-1-2-11-9(3-6-20-11)14(10)21-15(12)18/h1-3,6H,4-5,7-8H2. The van der Waals surface area contributed by atoms with Crippen molar-refractivity contribution in [1.82, 2.24) is 0 Å². The van der Waals surface area contributed by atoms with Gasteiger partial charge in [-0.1, -0.05) is 11.6 Å². The molecule has 1 aliphatic heterocycles. The molecule has 6 heteroatoms. The van der Waals surface area contributed by atoms with E-state index in [0.29, 0.717) is 43.2 Å². The minimum absolute atomic E-state index is 0.118. The molecule has 1 saturated heterocycles. The highest BCUT2D eigenvalue weighted by Gasteiger charge is 2.22. The van der Waals surface area contributed by atoms with Crippen molar-refractivity contribution in [3.63, 3.8) is 0 Å². The summed E-state index contributed by atoms with van der Waals surface area (Å²) < 4.78 is 16.1. The average Bonchev–Trinajstić information content (AvgIpc) is 2.98. The van der Waals surface area contributed by atoms with Crippen LogP contribution in [-0.4, -0.2) is 26.3 Å². The summed E-state index contributed by atoms with van der Waals surface area (Å²) >= 11 is 6.22. The van der Waals surface area contributed by atoms with E-state index in [0.717, 1.165) is 10.8 Å². The summed E-state index contributed by atoms with van der Waals surface area (Å²) in [5.41, 5.74) is 1.38. The molecule has 3 heterocycles. The van der Waals surface area contributed by atoms with E-state index in [1.807, 2.05) is 12.1 Å². The van der Waals surface area contributed by atoms with E-state index in [1.165, 1.54) is 0 Å². The molecule has 0 bridgehead atoms. The number of furan rings is 1. The minimum atomic E-state index is -0.528. The van der Waals surface area contributed by atoms with Crippen molar-refractivity contribution in [3.05, 3.63) is 39.9 Å². The number of fused-ring (bicyclic) bond motifs is 3. The van der Waals surface area contributed by atoms with E-state index >= 15 is 0 Å². The maximum atomic E-state index is 12.1. The first-order chi connectivity index (χ1) is 10.3. The zero-order chi connectivity index (χ0) is 14.4. The smallest absolute Gasteiger partial charge is 0.357 e. The van der Waals surface area contributed by atoms with Crippen LogP contribution in [0.3, 0.4) is 0 Å². The number of anilines is 1. The lowest BCUT2D eigenvalue weighted by Crippen LogP contribution is -2.37. The molecule has 0 saturated carbocycles. The topological polar surface area (TPSA) is 55.8 Å². The van der Waals surface area contributed by atoms with Gasteiger partial charge in [0.05, 0.1) is 30.6 Å². The Morgan fingerprint density at radius 1 is 1.10 bits per heavy atom. The van der Waals surface area contributed by atoms with Gasteiger partial charge < -0.3 is 18.5 Å². The van der Waals surface area contributed by atoms with E-state index in [9.17, 15) is 4.79 Å². The number of hydrogen-bond donors (Lipinski definition) is 0. The highest BCUT2D eigenvalue weighted by atomic mass is 35.5. The third-order valence-electron chi connectivity index (χ3n) is 3.75. The fraction of sp³-hybridized carbons (Fsp3) is 0.267. The van der Waals surface area contributed by atoms with E-state index in [-0.39, 0.29) is 5.02 Å². The van der Waals surface area contributed by atoms with Crippen LogP contribution in [0.1, 0.15) is 0 Å². The van der Waals surface area contributed by atoms with Crippen LogP contribution in [0.15, 0.2) is 38.1 Å². The number of benzene rings is 1. The zero-order valence-corrected chi connectivity index (χ0v) is 11.9. The normalized spacial score (nSPS) is 16.0. The van der Waals surface area contributed by atoms with Gasteiger partial charge in [0, 0.05) is 18.5 Å². The summed E-state index contributed by atoms with van der Waals surface area (Å²) in [7, 11) is 0. The minimum Gasteiger partial charge on any atom is -0.464 e. The lowest BCUT2D eigenvalue weighted by atomic mass is 10.1. The van der Waals surface area contributed by atoms with Gasteiger partial charge in [-0.15, -0.1) is 0 Å². The average molecular weight is 306 g/mol. The first-order valence-corrected chi connectivity index (χ1v) is 7.09. The van der Waals surface area contributed by atoms with Crippen molar-refractivity contribution >= 4 is 39.2 Å².